The van der Waals surface area contributed by atoms with E-state index in [2.05, 4.69) is 15.6 Å². The maximum Gasteiger partial charge on any atom is 0.240 e. The number of amides is 1. The van der Waals surface area contributed by atoms with Gasteiger partial charge in [-0.3, -0.25) is 9.59 Å². The van der Waals surface area contributed by atoms with Crippen LogP contribution < -0.4 is 10.6 Å². The number of ketones is 1. The molecule has 2 N–H and O–H groups in total. The number of benzene rings is 1. The lowest BCUT2D eigenvalue weighted by atomic mass is 10.0. The van der Waals surface area contributed by atoms with Gasteiger partial charge >= 0.3 is 0 Å². The molecule has 1 amide bonds. The highest BCUT2D eigenvalue weighted by Crippen LogP contribution is 2.26. The van der Waals surface area contributed by atoms with E-state index in [0.29, 0.717) is 36.7 Å². The van der Waals surface area contributed by atoms with Crippen molar-refractivity contribution in [3.8, 4) is 11.3 Å². The first-order chi connectivity index (χ1) is 13.9. The second kappa shape index (κ2) is 10.9. The Morgan fingerprint density at radius 3 is 2.52 bits per heavy atom. The number of rotatable bonds is 12. The van der Waals surface area contributed by atoms with Crippen LogP contribution in [0.4, 0.5) is 0 Å². The average molecular weight is 400 g/mol. The molecule has 0 spiro atoms. The minimum Gasteiger partial charge on any atom is -0.438 e. The molecule has 0 saturated carbocycles. The van der Waals surface area contributed by atoms with Crippen molar-refractivity contribution in [2.75, 3.05) is 7.05 Å². The summed E-state index contributed by atoms with van der Waals surface area (Å²) in [6, 6.07) is 9.47. The van der Waals surface area contributed by atoms with Crippen molar-refractivity contribution in [1.29, 1.82) is 0 Å². The van der Waals surface area contributed by atoms with Crippen molar-refractivity contribution in [1.82, 2.24) is 15.6 Å². The number of nitrogens with zero attached hydrogens (tertiary/aromatic N) is 1. The number of nitrogens with one attached hydrogen (secondary N) is 2. The predicted molar refractivity (Wildman–Crippen MR) is 114 cm³/mol. The van der Waals surface area contributed by atoms with E-state index < -0.39 is 5.54 Å². The molecule has 6 nitrogen and oxygen atoms in total. The molecule has 2 aromatic rings. The van der Waals surface area contributed by atoms with E-state index in [1.54, 1.807) is 13.2 Å². The van der Waals surface area contributed by atoms with E-state index in [1.165, 1.54) is 0 Å². The Kier molecular flexibility index (Phi) is 8.58. The zero-order valence-corrected chi connectivity index (χ0v) is 18.0. The predicted octanol–water partition coefficient (Wildman–Crippen LogP) is 4.43. The number of carbonyl (C=O) groups excluding carboxylic acids is 2. The number of hydrogen-bond donors (Lipinski definition) is 2. The quantitative estimate of drug-likeness (QED) is 0.516. The van der Waals surface area contributed by atoms with Crippen molar-refractivity contribution in [2.45, 2.75) is 70.9 Å². The van der Waals surface area contributed by atoms with Gasteiger partial charge in [0.25, 0.3) is 0 Å². The van der Waals surface area contributed by atoms with Gasteiger partial charge in [0, 0.05) is 18.4 Å². The molecule has 1 atom stereocenters. The molecule has 2 rings (SSSR count). The van der Waals surface area contributed by atoms with Crippen molar-refractivity contribution >= 4 is 11.7 Å². The summed E-state index contributed by atoms with van der Waals surface area (Å²) in [4.78, 5) is 28.6. The third-order valence-corrected chi connectivity index (χ3v) is 5.22. The van der Waals surface area contributed by atoms with Gasteiger partial charge in [-0.15, -0.1) is 0 Å². The molecule has 0 aliphatic heterocycles. The van der Waals surface area contributed by atoms with Gasteiger partial charge in [0.1, 0.15) is 11.8 Å². The van der Waals surface area contributed by atoms with Crippen LogP contribution >= 0.6 is 0 Å². The van der Waals surface area contributed by atoms with Gasteiger partial charge in [0.15, 0.2) is 5.76 Å². The lowest BCUT2D eigenvalue weighted by molar-refractivity contribution is -0.127. The summed E-state index contributed by atoms with van der Waals surface area (Å²) in [5, 5.41) is 6.10. The van der Waals surface area contributed by atoms with E-state index in [4.69, 9.17) is 4.42 Å². The lowest BCUT2D eigenvalue weighted by Crippen LogP contribution is -2.51. The summed E-state index contributed by atoms with van der Waals surface area (Å²) in [6.07, 6.45) is 6.31. The molecule has 1 aromatic carbocycles. The summed E-state index contributed by atoms with van der Waals surface area (Å²) in [6.45, 7) is 5.56. The van der Waals surface area contributed by atoms with Gasteiger partial charge in [-0.2, -0.15) is 0 Å². The van der Waals surface area contributed by atoms with Crippen LogP contribution in [0.15, 0.2) is 40.9 Å². The van der Waals surface area contributed by atoms with Gasteiger partial charge in [-0.25, -0.2) is 4.98 Å². The van der Waals surface area contributed by atoms with Gasteiger partial charge in [-0.05, 0) is 33.7 Å². The Morgan fingerprint density at radius 2 is 1.86 bits per heavy atom. The largest absolute Gasteiger partial charge is 0.438 e. The SMILES string of the molecule is CCC(=O)CCCCC[C@H](NC(=O)C(C)(C)NC)c1ncc(-c2ccccc2)o1. The Hall–Kier alpha value is -2.47. The van der Waals surface area contributed by atoms with Crippen molar-refractivity contribution in [3.05, 3.63) is 42.4 Å². The van der Waals surface area contributed by atoms with Gasteiger partial charge in [0.2, 0.25) is 11.8 Å². The van der Waals surface area contributed by atoms with Crippen LogP contribution in [0.3, 0.4) is 0 Å². The Balaban J connectivity index is 2.07. The van der Waals surface area contributed by atoms with Gasteiger partial charge in [-0.1, -0.05) is 50.1 Å². The molecule has 6 heteroatoms. The number of aromatic nitrogens is 1. The molecule has 0 saturated heterocycles. The number of likely N-dealkylation sites (N-methyl/N-ethyl adjacent to an activating group) is 1. The monoisotopic (exact) mass is 399 g/mol. The molecule has 0 bridgehead atoms. The maximum atomic E-state index is 12.7. The molecular formula is C23H33N3O3. The number of carbonyl (C=O) groups is 2. The van der Waals surface area contributed by atoms with Crippen LogP contribution in [0.1, 0.15) is 71.2 Å². The fourth-order valence-electron chi connectivity index (χ4n) is 2.92. The lowest BCUT2D eigenvalue weighted by Gasteiger charge is -2.26. The third kappa shape index (κ3) is 6.82. The number of oxazole rings is 1. The van der Waals surface area contributed by atoms with E-state index in [9.17, 15) is 9.59 Å². The zero-order valence-electron chi connectivity index (χ0n) is 18.0. The fourth-order valence-corrected chi connectivity index (χ4v) is 2.92. The number of hydrogen-bond acceptors (Lipinski definition) is 5. The summed E-state index contributed by atoms with van der Waals surface area (Å²) in [5.41, 5.74) is 0.255. The normalized spacial score (nSPS) is 12.6. The molecule has 0 aliphatic rings. The molecule has 29 heavy (non-hydrogen) atoms. The Bertz CT molecular complexity index is 784. The van der Waals surface area contributed by atoms with Crippen LogP contribution in [0.2, 0.25) is 0 Å². The first-order valence-electron chi connectivity index (χ1n) is 10.4. The Morgan fingerprint density at radius 1 is 1.14 bits per heavy atom. The minimum absolute atomic E-state index is 0.106. The standard InChI is InChI=1S/C23H33N3O3/c1-5-18(27)14-10-7-11-15-19(26-22(28)23(2,3)24-4)21-25-16-20(29-21)17-12-8-6-9-13-17/h6,8-9,12-13,16,19,24H,5,7,10-11,14-15H2,1-4H3,(H,26,28)/t19-/m0/s1. The van der Waals surface area contributed by atoms with Crippen LogP contribution in [0.5, 0.6) is 0 Å². The average Bonchev–Trinajstić information content (AvgIpc) is 3.23. The van der Waals surface area contributed by atoms with Crippen LogP contribution in [-0.2, 0) is 9.59 Å². The summed E-state index contributed by atoms with van der Waals surface area (Å²) in [5.74, 6) is 1.38. The third-order valence-electron chi connectivity index (χ3n) is 5.22. The van der Waals surface area contributed by atoms with Crippen molar-refractivity contribution < 1.29 is 14.0 Å². The zero-order chi connectivity index (χ0) is 21.3. The minimum atomic E-state index is -0.694. The van der Waals surface area contributed by atoms with Crippen molar-refractivity contribution in [2.24, 2.45) is 0 Å². The van der Waals surface area contributed by atoms with Crippen molar-refractivity contribution in [3.63, 3.8) is 0 Å². The van der Waals surface area contributed by atoms with Gasteiger partial charge < -0.3 is 15.1 Å². The molecule has 0 fully saturated rings. The summed E-state index contributed by atoms with van der Waals surface area (Å²) >= 11 is 0. The second-order valence-corrected chi connectivity index (χ2v) is 7.82. The Labute approximate surface area is 173 Å². The summed E-state index contributed by atoms with van der Waals surface area (Å²) < 4.78 is 5.99. The van der Waals surface area contributed by atoms with Crippen LogP contribution in [0.25, 0.3) is 11.3 Å². The first-order valence-corrected chi connectivity index (χ1v) is 10.4. The molecule has 0 aliphatic carbocycles. The highest BCUT2D eigenvalue weighted by Gasteiger charge is 2.29. The summed E-state index contributed by atoms with van der Waals surface area (Å²) in [7, 11) is 1.76. The van der Waals surface area contributed by atoms with Crippen LogP contribution in [-0.4, -0.2) is 29.3 Å². The molecule has 158 valence electrons. The molecule has 1 heterocycles. The van der Waals surface area contributed by atoms with E-state index in [0.717, 1.165) is 24.8 Å². The van der Waals surface area contributed by atoms with E-state index in [-0.39, 0.29) is 11.9 Å². The highest BCUT2D eigenvalue weighted by molar-refractivity contribution is 5.85. The fraction of sp³-hybridized carbons (Fsp3) is 0.522. The molecule has 0 radical (unpaired) electrons. The molecular weight excluding hydrogens is 366 g/mol. The van der Waals surface area contributed by atoms with Gasteiger partial charge in [0.05, 0.1) is 11.7 Å². The number of Topliss-reactive ketones (excluding diaryl/α,β-unsaturated/α-hetero) is 1. The van der Waals surface area contributed by atoms with Crippen LogP contribution in [0, 0.1) is 0 Å². The van der Waals surface area contributed by atoms with E-state index >= 15 is 0 Å². The second-order valence-electron chi connectivity index (χ2n) is 7.82. The smallest absolute Gasteiger partial charge is 0.240 e. The molecule has 1 aromatic heterocycles. The topological polar surface area (TPSA) is 84.2 Å². The molecule has 0 unspecified atom stereocenters. The highest BCUT2D eigenvalue weighted by atomic mass is 16.4. The first kappa shape index (κ1) is 22.8. The number of unbranched alkanes of at least 4 members (excludes halogenated alkanes) is 2. The van der Waals surface area contributed by atoms with E-state index in [1.807, 2.05) is 51.1 Å². The maximum absolute atomic E-state index is 12.7.